The van der Waals surface area contributed by atoms with Crippen LogP contribution >= 0.6 is 0 Å². The number of benzene rings is 1. The maximum atomic E-state index is 12.9. The van der Waals surface area contributed by atoms with E-state index >= 15 is 0 Å². The summed E-state index contributed by atoms with van der Waals surface area (Å²) in [7, 11) is 0. The van der Waals surface area contributed by atoms with Gasteiger partial charge in [0.15, 0.2) is 0 Å². The van der Waals surface area contributed by atoms with Gasteiger partial charge in [0.05, 0.1) is 10.9 Å². The summed E-state index contributed by atoms with van der Waals surface area (Å²) in [6, 6.07) is 5.03. The second kappa shape index (κ2) is 10.0. The monoisotopic (exact) mass is 425 g/mol. The molecule has 8 heteroatoms. The highest BCUT2D eigenvalue weighted by Gasteiger charge is 2.17. The number of likely N-dealkylation sites (tertiary alicyclic amines) is 1. The molecule has 8 nitrogen and oxygen atoms in total. The number of hydrogen-bond acceptors (Lipinski definition) is 5. The Bertz CT molecular complexity index is 1010. The van der Waals surface area contributed by atoms with E-state index in [1.54, 1.807) is 22.8 Å². The molecule has 1 aromatic carbocycles. The van der Waals surface area contributed by atoms with Crippen LogP contribution in [0.15, 0.2) is 23.0 Å². The third-order valence-corrected chi connectivity index (χ3v) is 6.19. The van der Waals surface area contributed by atoms with Gasteiger partial charge in [-0.25, -0.2) is 4.98 Å². The fraction of sp³-hybridized carbons (Fsp3) is 0.565. The molecule has 2 aliphatic heterocycles. The number of rotatable bonds is 4. The van der Waals surface area contributed by atoms with Crippen LogP contribution in [0.2, 0.25) is 0 Å². The summed E-state index contributed by atoms with van der Waals surface area (Å²) in [5.74, 6) is -0.555. The normalized spacial score (nSPS) is 17.4. The number of carbonyl (C=O) groups is 2. The van der Waals surface area contributed by atoms with Gasteiger partial charge in [-0.15, -0.1) is 0 Å². The summed E-state index contributed by atoms with van der Waals surface area (Å²) in [6.45, 7) is 3.97. The van der Waals surface area contributed by atoms with Gasteiger partial charge in [-0.2, -0.15) is 0 Å². The fourth-order valence-electron chi connectivity index (χ4n) is 4.45. The average Bonchev–Trinajstić information content (AvgIpc) is 3.17. The van der Waals surface area contributed by atoms with Gasteiger partial charge in [0.2, 0.25) is 0 Å². The van der Waals surface area contributed by atoms with Crippen molar-refractivity contribution in [2.24, 2.45) is 0 Å². The van der Waals surface area contributed by atoms with Gasteiger partial charge >= 0.3 is 11.8 Å². The Morgan fingerprint density at radius 2 is 1.68 bits per heavy atom. The molecular weight excluding hydrogens is 394 g/mol. The van der Waals surface area contributed by atoms with E-state index in [1.807, 2.05) is 0 Å². The van der Waals surface area contributed by atoms with E-state index in [4.69, 9.17) is 0 Å². The highest BCUT2D eigenvalue weighted by molar-refractivity contribution is 6.39. The molecular formula is C23H31N5O3. The van der Waals surface area contributed by atoms with Crippen LogP contribution in [0.25, 0.3) is 10.9 Å². The Balaban J connectivity index is 1.38. The van der Waals surface area contributed by atoms with E-state index in [-0.39, 0.29) is 5.56 Å². The van der Waals surface area contributed by atoms with Gasteiger partial charge in [0.1, 0.15) is 5.82 Å². The van der Waals surface area contributed by atoms with Gasteiger partial charge in [0, 0.05) is 31.7 Å². The Hall–Kier alpha value is -2.74. The summed E-state index contributed by atoms with van der Waals surface area (Å²) in [6.07, 6.45) is 8.81. The van der Waals surface area contributed by atoms with Gasteiger partial charge < -0.3 is 15.5 Å². The Morgan fingerprint density at radius 3 is 2.48 bits per heavy atom. The lowest BCUT2D eigenvalue weighted by Crippen LogP contribution is -2.40. The molecule has 2 N–H and O–H groups in total. The fourth-order valence-corrected chi connectivity index (χ4v) is 4.45. The third-order valence-electron chi connectivity index (χ3n) is 6.19. The van der Waals surface area contributed by atoms with Crippen LogP contribution in [0.3, 0.4) is 0 Å². The molecule has 31 heavy (non-hydrogen) atoms. The van der Waals surface area contributed by atoms with Crippen LogP contribution in [0.5, 0.6) is 0 Å². The third kappa shape index (κ3) is 5.31. The zero-order valence-electron chi connectivity index (χ0n) is 18.0. The molecule has 2 amide bonds. The molecule has 0 unspecified atom stereocenters. The molecule has 4 rings (SSSR count). The summed E-state index contributed by atoms with van der Waals surface area (Å²) in [5, 5.41) is 5.77. The minimum atomic E-state index is -0.724. The number of nitrogens with zero attached hydrogens (tertiary/aromatic N) is 3. The number of anilines is 1. The predicted molar refractivity (Wildman–Crippen MR) is 120 cm³/mol. The first-order valence-electron chi connectivity index (χ1n) is 11.5. The molecule has 0 radical (unpaired) electrons. The van der Waals surface area contributed by atoms with Crippen LogP contribution in [0.1, 0.15) is 50.8 Å². The van der Waals surface area contributed by atoms with E-state index in [1.165, 1.54) is 25.7 Å². The molecule has 166 valence electrons. The predicted octanol–water partition coefficient (Wildman–Crippen LogP) is 2.05. The number of nitrogens with one attached hydrogen (secondary N) is 2. The molecule has 0 bridgehead atoms. The van der Waals surface area contributed by atoms with Gasteiger partial charge in [0.25, 0.3) is 5.56 Å². The van der Waals surface area contributed by atoms with Crippen molar-refractivity contribution >= 4 is 28.4 Å². The molecule has 2 aliphatic rings. The first-order valence-corrected chi connectivity index (χ1v) is 11.5. The summed E-state index contributed by atoms with van der Waals surface area (Å²) in [4.78, 5) is 44.4. The number of fused-ring (bicyclic) bond motifs is 2. The van der Waals surface area contributed by atoms with Crippen LogP contribution in [0.4, 0.5) is 5.69 Å². The minimum Gasteiger partial charge on any atom is -0.347 e. The highest BCUT2D eigenvalue weighted by Crippen LogP contribution is 2.18. The summed E-state index contributed by atoms with van der Waals surface area (Å²) in [5.41, 5.74) is 0.964. The van der Waals surface area contributed by atoms with Crippen LogP contribution in [0, 0.1) is 0 Å². The molecule has 1 saturated heterocycles. The zero-order valence-corrected chi connectivity index (χ0v) is 18.0. The lowest BCUT2D eigenvalue weighted by molar-refractivity contribution is -0.136. The SMILES string of the molecule is O=C(NCCN1CCCCCC1)C(=O)Nc1ccc2nc3n(c(=O)c2c1)CCCCC3. The van der Waals surface area contributed by atoms with E-state index in [0.29, 0.717) is 29.7 Å². The average molecular weight is 426 g/mol. The van der Waals surface area contributed by atoms with Crippen molar-refractivity contribution in [3.63, 3.8) is 0 Å². The van der Waals surface area contributed by atoms with Crippen LogP contribution in [-0.2, 0) is 22.6 Å². The highest BCUT2D eigenvalue weighted by atomic mass is 16.2. The van der Waals surface area contributed by atoms with Crippen LogP contribution in [-0.4, -0.2) is 52.4 Å². The van der Waals surface area contributed by atoms with Gasteiger partial charge in [-0.05, 0) is 57.0 Å². The molecule has 0 spiro atoms. The van der Waals surface area contributed by atoms with Crippen molar-refractivity contribution in [2.75, 3.05) is 31.5 Å². The molecule has 0 aliphatic carbocycles. The molecule has 2 aromatic rings. The zero-order chi connectivity index (χ0) is 21.6. The smallest absolute Gasteiger partial charge is 0.313 e. The maximum Gasteiger partial charge on any atom is 0.313 e. The summed E-state index contributed by atoms with van der Waals surface area (Å²) >= 11 is 0. The second-order valence-corrected chi connectivity index (χ2v) is 8.49. The van der Waals surface area contributed by atoms with Crippen molar-refractivity contribution in [3.05, 3.63) is 34.4 Å². The Morgan fingerprint density at radius 1 is 0.935 bits per heavy atom. The van der Waals surface area contributed by atoms with Gasteiger partial charge in [-0.1, -0.05) is 19.3 Å². The van der Waals surface area contributed by atoms with E-state index < -0.39 is 11.8 Å². The van der Waals surface area contributed by atoms with E-state index in [9.17, 15) is 14.4 Å². The molecule has 0 saturated carbocycles. The number of hydrogen-bond donors (Lipinski definition) is 2. The van der Waals surface area contributed by atoms with Crippen molar-refractivity contribution in [2.45, 2.75) is 57.9 Å². The number of amides is 2. The maximum absolute atomic E-state index is 12.9. The van der Waals surface area contributed by atoms with Crippen molar-refractivity contribution < 1.29 is 9.59 Å². The standard InChI is InChI=1S/C23H31N5O3/c29-21(24-11-15-27-12-5-1-2-6-13-27)22(30)25-17-9-10-19-18(16-17)23(31)28-14-7-3-4-8-20(28)26-19/h9-10,16H,1-8,11-15H2,(H,24,29)(H,25,30). The van der Waals surface area contributed by atoms with Gasteiger partial charge in [-0.3, -0.25) is 19.0 Å². The molecule has 1 aromatic heterocycles. The minimum absolute atomic E-state index is 0.0834. The number of aromatic nitrogens is 2. The lowest BCUT2D eigenvalue weighted by atomic mass is 10.2. The lowest BCUT2D eigenvalue weighted by Gasteiger charge is -2.19. The number of aryl methyl sites for hydroxylation is 1. The van der Waals surface area contributed by atoms with Crippen LogP contribution < -0.4 is 16.2 Å². The Kier molecular flexibility index (Phi) is 6.96. The largest absolute Gasteiger partial charge is 0.347 e. The topological polar surface area (TPSA) is 96.3 Å². The van der Waals surface area contributed by atoms with E-state index in [2.05, 4.69) is 20.5 Å². The van der Waals surface area contributed by atoms with Crippen molar-refractivity contribution in [3.8, 4) is 0 Å². The molecule has 0 atom stereocenters. The first-order chi connectivity index (χ1) is 15.1. The van der Waals surface area contributed by atoms with Crippen molar-refractivity contribution in [1.82, 2.24) is 19.8 Å². The molecule has 1 fully saturated rings. The first kappa shape index (κ1) is 21.5. The quantitative estimate of drug-likeness (QED) is 0.731. The Labute approximate surface area is 182 Å². The van der Waals surface area contributed by atoms with E-state index in [0.717, 1.165) is 51.1 Å². The second-order valence-electron chi connectivity index (χ2n) is 8.49. The summed E-state index contributed by atoms with van der Waals surface area (Å²) < 4.78 is 1.75. The molecule has 3 heterocycles. The van der Waals surface area contributed by atoms with Crippen molar-refractivity contribution in [1.29, 1.82) is 0 Å². The number of carbonyl (C=O) groups excluding carboxylic acids is 2.